The van der Waals surface area contributed by atoms with Crippen molar-refractivity contribution in [2.24, 2.45) is 0 Å². The van der Waals surface area contributed by atoms with Crippen molar-refractivity contribution in [3.8, 4) is 0 Å². The Balaban J connectivity index is 1.58. The molecule has 0 aromatic heterocycles. The van der Waals surface area contributed by atoms with Gasteiger partial charge in [-0.05, 0) is 60.6 Å². The number of fused-ring (bicyclic) bond motifs is 1. The fourth-order valence-corrected chi connectivity index (χ4v) is 5.55. The third-order valence-electron chi connectivity index (χ3n) is 5.83. The third-order valence-corrected chi connectivity index (χ3v) is 7.69. The normalized spacial score (nSPS) is 19.9. The highest BCUT2D eigenvalue weighted by Crippen LogP contribution is 2.38. The van der Waals surface area contributed by atoms with Crippen LogP contribution in [0.5, 0.6) is 0 Å². The quantitative estimate of drug-likeness (QED) is 0.771. The molecule has 4 rings (SSSR count). The van der Waals surface area contributed by atoms with E-state index < -0.39 is 10.0 Å². The number of aliphatic hydroxyl groups excluding tert-OH is 1. The maximum atomic E-state index is 13.2. The van der Waals surface area contributed by atoms with E-state index in [1.165, 1.54) is 15.4 Å². The molecule has 2 aliphatic rings. The van der Waals surface area contributed by atoms with E-state index in [1.807, 2.05) is 12.1 Å². The lowest BCUT2D eigenvalue weighted by Crippen LogP contribution is -2.34. The molecule has 1 unspecified atom stereocenters. The van der Waals surface area contributed by atoms with E-state index in [2.05, 4.69) is 37.8 Å². The van der Waals surface area contributed by atoms with Gasteiger partial charge in [-0.25, -0.2) is 8.42 Å². The molecule has 1 atom stereocenters. The van der Waals surface area contributed by atoms with E-state index in [1.54, 1.807) is 12.1 Å². The number of hydrogen-bond acceptors (Lipinski definition) is 3. The summed E-state index contributed by atoms with van der Waals surface area (Å²) in [6.45, 7) is 6.55. The Morgan fingerprint density at radius 1 is 1.14 bits per heavy atom. The van der Waals surface area contributed by atoms with Crippen LogP contribution in [0, 0.1) is 6.92 Å². The van der Waals surface area contributed by atoms with Gasteiger partial charge in [0.1, 0.15) is 0 Å². The molecule has 0 spiro atoms. The first-order chi connectivity index (χ1) is 13.4. The van der Waals surface area contributed by atoms with Gasteiger partial charge >= 0.3 is 0 Å². The van der Waals surface area contributed by atoms with Crippen molar-refractivity contribution < 1.29 is 13.5 Å². The number of sulfonamides is 1. The number of rotatable bonds is 4. The van der Waals surface area contributed by atoms with Gasteiger partial charge < -0.3 is 5.11 Å². The summed E-state index contributed by atoms with van der Waals surface area (Å²) < 4.78 is 27.9. The first-order valence-corrected chi connectivity index (χ1v) is 11.1. The molecule has 5 heteroatoms. The molecule has 146 valence electrons. The Hall–Kier alpha value is -2.37. The van der Waals surface area contributed by atoms with Crippen LogP contribution in [-0.2, 0) is 16.4 Å². The number of allylic oxidation sites excluding steroid dienone is 1. The molecule has 2 aromatic rings. The van der Waals surface area contributed by atoms with Gasteiger partial charge in [0.05, 0.1) is 10.7 Å². The molecule has 0 saturated carbocycles. The minimum absolute atomic E-state index is 0.108. The van der Waals surface area contributed by atoms with Gasteiger partial charge in [0.25, 0.3) is 0 Å². The summed E-state index contributed by atoms with van der Waals surface area (Å²) >= 11 is 0. The van der Waals surface area contributed by atoms with Gasteiger partial charge in [-0.15, -0.1) is 0 Å². The number of aryl methyl sites for hydroxylation is 2. The van der Waals surface area contributed by atoms with Crippen molar-refractivity contribution in [3.63, 3.8) is 0 Å². The first kappa shape index (κ1) is 19.0. The predicted octanol–water partition coefficient (Wildman–Crippen LogP) is 4.57. The van der Waals surface area contributed by atoms with Crippen LogP contribution in [-0.4, -0.2) is 30.9 Å². The maximum absolute atomic E-state index is 13.2. The Labute approximate surface area is 166 Å². The van der Waals surface area contributed by atoms with Gasteiger partial charge in [0, 0.05) is 19.0 Å². The highest BCUT2D eigenvalue weighted by molar-refractivity contribution is 7.89. The van der Waals surface area contributed by atoms with Crippen LogP contribution in [0.25, 0.3) is 5.57 Å². The number of nitrogens with zero attached hydrogens (tertiary/aromatic N) is 1. The van der Waals surface area contributed by atoms with Crippen LogP contribution in [0.3, 0.4) is 0 Å². The second kappa shape index (κ2) is 7.22. The van der Waals surface area contributed by atoms with Crippen molar-refractivity contribution in [2.75, 3.05) is 13.1 Å². The number of benzene rings is 2. The highest BCUT2D eigenvalue weighted by Gasteiger charge is 2.30. The average molecular weight is 396 g/mol. The molecule has 4 nitrogen and oxygen atoms in total. The second-order valence-corrected chi connectivity index (χ2v) is 9.59. The molecule has 1 heterocycles. The molecular formula is C23H25NO3S. The van der Waals surface area contributed by atoms with Gasteiger partial charge in [0.2, 0.25) is 10.0 Å². The number of hydrogen-bond donors (Lipinski definition) is 1. The van der Waals surface area contributed by atoms with Gasteiger partial charge in [0.15, 0.2) is 0 Å². The zero-order valence-electron chi connectivity index (χ0n) is 16.1. The smallest absolute Gasteiger partial charge is 0.243 e. The third kappa shape index (κ3) is 3.40. The summed E-state index contributed by atoms with van der Waals surface area (Å²) in [4.78, 5) is 0.298. The Morgan fingerprint density at radius 3 is 2.54 bits per heavy atom. The molecule has 0 radical (unpaired) electrons. The lowest BCUT2D eigenvalue weighted by atomic mass is 9.99. The van der Waals surface area contributed by atoms with Crippen molar-refractivity contribution in [2.45, 2.75) is 37.0 Å². The van der Waals surface area contributed by atoms with Crippen molar-refractivity contribution in [1.29, 1.82) is 0 Å². The maximum Gasteiger partial charge on any atom is 0.243 e. The lowest BCUT2D eigenvalue weighted by molar-refractivity contribution is 0.369. The standard InChI is InChI=1S/C23H25NO3S/c1-16-3-5-18(6-4-16)19-11-13-24(14-12-19)28(26,27)21-9-7-20-8-10-22(17(2)25)23(20)15-21/h3-7,9,11,15,22,25H,2,8,10,12-14H2,1H3. The summed E-state index contributed by atoms with van der Waals surface area (Å²) in [5, 5.41) is 9.83. The van der Waals surface area contributed by atoms with Crippen LogP contribution in [0.2, 0.25) is 0 Å². The summed E-state index contributed by atoms with van der Waals surface area (Å²) in [5.41, 5.74) is 5.55. The zero-order valence-corrected chi connectivity index (χ0v) is 16.9. The van der Waals surface area contributed by atoms with Gasteiger partial charge in [-0.2, -0.15) is 4.31 Å². The van der Waals surface area contributed by atoms with Crippen molar-refractivity contribution in [1.82, 2.24) is 4.31 Å². The zero-order chi connectivity index (χ0) is 19.9. The van der Waals surface area contributed by atoms with Gasteiger partial charge in [-0.1, -0.05) is 48.6 Å². The van der Waals surface area contributed by atoms with Crippen LogP contribution >= 0.6 is 0 Å². The minimum Gasteiger partial charge on any atom is -0.512 e. The first-order valence-electron chi connectivity index (χ1n) is 9.63. The van der Waals surface area contributed by atoms with Crippen LogP contribution < -0.4 is 0 Å². The Morgan fingerprint density at radius 2 is 1.89 bits per heavy atom. The Kier molecular flexibility index (Phi) is 4.89. The van der Waals surface area contributed by atoms with Crippen LogP contribution in [0.1, 0.15) is 41.0 Å². The SMILES string of the molecule is C=C(O)C1CCc2ccc(S(=O)(=O)N3CC=C(c4ccc(C)cc4)CC3)cc21. The molecule has 28 heavy (non-hydrogen) atoms. The molecule has 0 amide bonds. The molecule has 0 fully saturated rings. The van der Waals surface area contributed by atoms with E-state index in [4.69, 9.17) is 0 Å². The lowest BCUT2D eigenvalue weighted by Gasteiger charge is -2.26. The van der Waals surface area contributed by atoms with Crippen LogP contribution in [0.4, 0.5) is 0 Å². The summed E-state index contributed by atoms with van der Waals surface area (Å²) in [5.74, 6) is -0.0588. The summed E-state index contributed by atoms with van der Waals surface area (Å²) in [6.07, 6.45) is 4.33. The van der Waals surface area contributed by atoms with E-state index in [0.717, 1.165) is 29.5 Å². The largest absolute Gasteiger partial charge is 0.512 e. The minimum atomic E-state index is -3.57. The number of aliphatic hydroxyl groups is 1. The topological polar surface area (TPSA) is 57.6 Å². The van der Waals surface area contributed by atoms with Crippen molar-refractivity contribution in [3.05, 3.63) is 83.1 Å². The highest BCUT2D eigenvalue weighted by atomic mass is 32.2. The van der Waals surface area contributed by atoms with E-state index in [0.29, 0.717) is 24.4 Å². The fraction of sp³-hybridized carbons (Fsp3) is 0.304. The molecular weight excluding hydrogens is 370 g/mol. The molecule has 2 aromatic carbocycles. The van der Waals surface area contributed by atoms with Gasteiger partial charge in [-0.3, -0.25) is 0 Å². The molecule has 1 aliphatic carbocycles. The van der Waals surface area contributed by atoms with E-state index in [-0.39, 0.29) is 11.7 Å². The average Bonchev–Trinajstić information content (AvgIpc) is 3.12. The monoisotopic (exact) mass is 395 g/mol. The summed E-state index contributed by atoms with van der Waals surface area (Å²) in [7, 11) is -3.57. The fourth-order valence-electron chi connectivity index (χ4n) is 4.13. The second-order valence-electron chi connectivity index (χ2n) is 7.65. The van der Waals surface area contributed by atoms with Crippen LogP contribution in [0.15, 0.2) is 65.8 Å². The Bertz CT molecular complexity index is 1050. The molecule has 0 saturated heterocycles. The summed E-state index contributed by atoms with van der Waals surface area (Å²) in [6, 6.07) is 13.6. The van der Waals surface area contributed by atoms with E-state index >= 15 is 0 Å². The van der Waals surface area contributed by atoms with Crippen molar-refractivity contribution >= 4 is 15.6 Å². The molecule has 0 bridgehead atoms. The molecule has 1 aliphatic heterocycles. The predicted molar refractivity (Wildman–Crippen MR) is 112 cm³/mol. The van der Waals surface area contributed by atoms with E-state index in [9.17, 15) is 13.5 Å². The molecule has 1 N–H and O–H groups in total.